The molecule has 290 valence electrons. The van der Waals surface area contributed by atoms with Gasteiger partial charge in [-0.1, -0.05) is 6.92 Å². The minimum atomic E-state index is -2.16. The summed E-state index contributed by atoms with van der Waals surface area (Å²) in [6.45, 7) is 1.97. The number of hydrogen-bond donors (Lipinski definition) is 3. The Kier molecular flexibility index (Phi) is 24.7. The van der Waals surface area contributed by atoms with E-state index < -0.39 is 56.3 Å². The number of ether oxygens (including phenoxy) is 3. The van der Waals surface area contributed by atoms with Crippen LogP contribution in [0.25, 0.3) is 0 Å². The number of nitrogens with one attached hydrogen (secondary N) is 3. The van der Waals surface area contributed by atoms with Crippen LogP contribution in [0.1, 0.15) is 32.6 Å². The molecule has 0 aliphatic carbocycles. The summed E-state index contributed by atoms with van der Waals surface area (Å²) in [4.78, 5) is 37.7. The van der Waals surface area contributed by atoms with Crippen LogP contribution in [0, 0.1) is 5.41 Å². The summed E-state index contributed by atoms with van der Waals surface area (Å²) in [7, 11) is 6.95. The number of amides is 3. The fourth-order valence-electron chi connectivity index (χ4n) is 3.92. The van der Waals surface area contributed by atoms with E-state index in [9.17, 15) is 14.4 Å². The Morgan fingerprint density at radius 1 is 0.458 bits per heavy atom. The molecule has 0 heterocycles. The average molecular weight is 762 g/mol. The van der Waals surface area contributed by atoms with Gasteiger partial charge in [-0.25, -0.2) is 14.4 Å². The Morgan fingerprint density at radius 2 is 0.688 bits per heavy atom. The van der Waals surface area contributed by atoms with Crippen LogP contribution in [0.5, 0.6) is 0 Å². The molecule has 0 aliphatic rings. The maximum absolute atomic E-state index is 12.6. The number of carbonyl (C=O) groups is 3. The SMILES string of the molecule is CCC(COC(=O)NCCCS(OC)(OC)OC)(COC(=O)NCCCS(OC)(OC)OC)COC(=O)NCCCS(OC)(OC)OC. The molecule has 0 aliphatic heterocycles. The van der Waals surface area contributed by atoms with Gasteiger partial charge in [-0.05, 0) is 25.7 Å². The maximum Gasteiger partial charge on any atom is 0.407 e. The Balaban J connectivity index is 5.22. The summed E-state index contributed by atoms with van der Waals surface area (Å²) in [5, 5.41) is 7.99. The van der Waals surface area contributed by atoms with Crippen molar-refractivity contribution in [3.05, 3.63) is 0 Å². The first-order valence-corrected chi connectivity index (χ1v) is 19.8. The third-order valence-corrected chi connectivity index (χ3v) is 14.0. The Morgan fingerprint density at radius 3 is 0.875 bits per heavy atom. The van der Waals surface area contributed by atoms with E-state index in [1.165, 1.54) is 64.0 Å². The fourth-order valence-corrected chi connectivity index (χ4v) is 8.14. The van der Waals surface area contributed by atoms with Gasteiger partial charge in [0.15, 0.2) is 0 Å². The molecule has 0 saturated heterocycles. The van der Waals surface area contributed by atoms with Gasteiger partial charge in [0.2, 0.25) is 0 Å². The van der Waals surface area contributed by atoms with E-state index in [0.29, 0.717) is 42.9 Å². The van der Waals surface area contributed by atoms with E-state index in [0.717, 1.165) is 0 Å². The molecule has 0 aromatic heterocycles. The molecule has 0 saturated carbocycles. The topological polar surface area (TPSA) is 198 Å². The molecular formula is C27H59N3O15S3. The lowest BCUT2D eigenvalue weighted by Crippen LogP contribution is -2.42. The Bertz CT molecular complexity index is 766. The van der Waals surface area contributed by atoms with Crippen LogP contribution in [-0.2, 0) is 51.9 Å². The summed E-state index contributed by atoms with van der Waals surface area (Å²) < 4.78 is 64.5. The summed E-state index contributed by atoms with van der Waals surface area (Å²) in [5.74, 6) is 1.28. The molecule has 3 amide bonds. The van der Waals surface area contributed by atoms with Gasteiger partial charge in [0.1, 0.15) is 19.8 Å². The molecule has 3 N–H and O–H groups in total. The molecule has 48 heavy (non-hydrogen) atoms. The highest BCUT2D eigenvalue weighted by Crippen LogP contribution is 2.50. The lowest BCUT2D eigenvalue weighted by molar-refractivity contribution is -0.0174. The highest BCUT2D eigenvalue weighted by Gasteiger charge is 2.35. The van der Waals surface area contributed by atoms with E-state index in [-0.39, 0.29) is 39.5 Å². The molecule has 0 atom stereocenters. The Hall–Kier alpha value is -1.50. The van der Waals surface area contributed by atoms with Gasteiger partial charge < -0.3 is 30.2 Å². The third-order valence-electron chi connectivity index (χ3n) is 7.09. The van der Waals surface area contributed by atoms with E-state index in [2.05, 4.69) is 16.0 Å². The van der Waals surface area contributed by atoms with Crippen LogP contribution >= 0.6 is 32.6 Å². The van der Waals surface area contributed by atoms with Crippen molar-refractivity contribution in [1.29, 1.82) is 0 Å². The van der Waals surface area contributed by atoms with Crippen LogP contribution in [0.4, 0.5) is 14.4 Å². The number of hydrogen-bond acceptors (Lipinski definition) is 15. The lowest BCUT2D eigenvalue weighted by Gasteiger charge is -2.33. The van der Waals surface area contributed by atoms with Crippen molar-refractivity contribution in [3.63, 3.8) is 0 Å². The summed E-state index contributed by atoms with van der Waals surface area (Å²) in [6.07, 6.45) is -0.273. The normalized spacial score (nSPS) is 13.4. The lowest BCUT2D eigenvalue weighted by atomic mass is 9.88. The molecule has 0 spiro atoms. The second-order valence-electron chi connectivity index (χ2n) is 9.71. The fraction of sp³-hybridized carbons (Fsp3) is 0.889. The predicted octanol–water partition coefficient (Wildman–Crippen LogP) is 4.20. The molecule has 0 fully saturated rings. The molecule has 0 rings (SSSR count). The van der Waals surface area contributed by atoms with Crippen molar-refractivity contribution in [2.45, 2.75) is 32.6 Å². The molecule has 0 unspecified atom stereocenters. The van der Waals surface area contributed by atoms with Gasteiger partial charge >= 0.3 is 18.3 Å². The van der Waals surface area contributed by atoms with Gasteiger partial charge in [-0.3, -0.25) is 37.6 Å². The first kappa shape index (κ1) is 46.5. The van der Waals surface area contributed by atoms with Crippen LogP contribution in [0.15, 0.2) is 0 Å². The largest absolute Gasteiger partial charge is 0.449 e. The Labute approximate surface area is 291 Å². The van der Waals surface area contributed by atoms with E-state index >= 15 is 0 Å². The predicted molar refractivity (Wildman–Crippen MR) is 185 cm³/mol. The van der Waals surface area contributed by atoms with Crippen molar-refractivity contribution < 1.29 is 66.2 Å². The first-order chi connectivity index (χ1) is 22.9. The van der Waals surface area contributed by atoms with Gasteiger partial charge in [0, 0.05) is 36.9 Å². The zero-order valence-electron chi connectivity index (χ0n) is 30.0. The molecular weight excluding hydrogens is 703 g/mol. The quantitative estimate of drug-likeness (QED) is 0.0757. The second kappa shape index (κ2) is 25.5. The number of carbonyl (C=O) groups excluding carboxylic acids is 3. The molecule has 0 radical (unpaired) electrons. The second-order valence-corrected chi connectivity index (χ2v) is 17.3. The van der Waals surface area contributed by atoms with E-state index in [1.54, 1.807) is 6.92 Å². The molecule has 0 aromatic carbocycles. The van der Waals surface area contributed by atoms with Crippen molar-refractivity contribution in [2.75, 3.05) is 121 Å². The van der Waals surface area contributed by atoms with Crippen LogP contribution < -0.4 is 16.0 Å². The van der Waals surface area contributed by atoms with Crippen molar-refractivity contribution >= 4 is 50.9 Å². The minimum absolute atomic E-state index is 0.206. The van der Waals surface area contributed by atoms with Gasteiger partial charge in [0.25, 0.3) is 0 Å². The summed E-state index contributed by atoms with van der Waals surface area (Å²) in [6, 6.07) is 0. The summed E-state index contributed by atoms with van der Waals surface area (Å²) in [5.41, 5.74) is -1.05. The van der Waals surface area contributed by atoms with Crippen LogP contribution in [0.3, 0.4) is 0 Å². The number of alkyl carbamates (subject to hydrolysis) is 3. The summed E-state index contributed by atoms with van der Waals surface area (Å²) >= 11 is 0. The highest BCUT2D eigenvalue weighted by molar-refractivity contribution is 8.22. The monoisotopic (exact) mass is 761 g/mol. The molecule has 21 heteroatoms. The van der Waals surface area contributed by atoms with Crippen LogP contribution in [-0.4, -0.2) is 139 Å². The van der Waals surface area contributed by atoms with E-state index in [1.807, 2.05) is 0 Å². The molecule has 0 aromatic rings. The van der Waals surface area contributed by atoms with Crippen molar-refractivity contribution in [3.8, 4) is 0 Å². The van der Waals surface area contributed by atoms with Crippen molar-refractivity contribution in [1.82, 2.24) is 16.0 Å². The smallest absolute Gasteiger partial charge is 0.407 e. The number of rotatable bonds is 28. The first-order valence-electron chi connectivity index (χ1n) is 15.1. The highest BCUT2D eigenvalue weighted by atomic mass is 32.3. The zero-order chi connectivity index (χ0) is 36.5. The minimum Gasteiger partial charge on any atom is -0.449 e. The molecule has 0 bridgehead atoms. The van der Waals surface area contributed by atoms with Crippen molar-refractivity contribution in [2.24, 2.45) is 5.41 Å². The third kappa shape index (κ3) is 16.9. The van der Waals surface area contributed by atoms with E-state index in [4.69, 9.17) is 51.9 Å². The zero-order valence-corrected chi connectivity index (χ0v) is 32.5. The van der Waals surface area contributed by atoms with Gasteiger partial charge in [0.05, 0.1) is 102 Å². The van der Waals surface area contributed by atoms with Gasteiger partial charge in [-0.15, -0.1) is 0 Å². The standard InChI is InChI=1S/C27H59N3O15S3/c1-11-27(21-43-24(31)28-15-12-18-46(34-2,35-3)36-4,22-44-25(32)29-16-13-19-47(37-5,38-6)39-7)23-45-26(33)30-17-14-20-48(40-8,41-9)42-10/h11-23H2,1-10H3,(H,28,31)(H,29,32)(H,30,33). The molecule has 18 nitrogen and oxygen atoms in total. The van der Waals surface area contributed by atoms with Gasteiger partial charge in [-0.2, -0.15) is 0 Å². The maximum atomic E-state index is 12.6. The average Bonchev–Trinajstić information content (AvgIpc) is 3.12. The van der Waals surface area contributed by atoms with Crippen LogP contribution in [0.2, 0.25) is 0 Å².